The van der Waals surface area contributed by atoms with Crippen molar-refractivity contribution in [1.29, 1.82) is 5.26 Å². The van der Waals surface area contributed by atoms with Crippen LogP contribution in [0.5, 0.6) is 0 Å². The summed E-state index contributed by atoms with van der Waals surface area (Å²) in [6.45, 7) is 0. The predicted molar refractivity (Wildman–Crippen MR) is 57.0 cm³/mol. The molecular formula is C12H7NO3. The molecule has 0 fully saturated rings. The van der Waals surface area contributed by atoms with Crippen LogP contribution in [0.2, 0.25) is 0 Å². The Morgan fingerprint density at radius 3 is 2.88 bits per heavy atom. The van der Waals surface area contributed by atoms with Gasteiger partial charge in [-0.3, -0.25) is 4.79 Å². The Morgan fingerprint density at radius 2 is 2.12 bits per heavy atom. The van der Waals surface area contributed by atoms with Gasteiger partial charge >= 0.3 is 5.63 Å². The van der Waals surface area contributed by atoms with Crippen LogP contribution in [-0.2, 0) is 0 Å². The van der Waals surface area contributed by atoms with Crippen LogP contribution in [0.25, 0.3) is 11.0 Å². The first-order valence-corrected chi connectivity index (χ1v) is 4.65. The van der Waals surface area contributed by atoms with Crippen molar-refractivity contribution in [2.45, 2.75) is 6.42 Å². The van der Waals surface area contributed by atoms with Crippen LogP contribution in [0.4, 0.5) is 0 Å². The van der Waals surface area contributed by atoms with Gasteiger partial charge in [-0.25, -0.2) is 4.79 Å². The molecule has 0 aliphatic rings. The molecule has 0 radical (unpaired) electrons. The summed E-state index contributed by atoms with van der Waals surface area (Å²) < 4.78 is 4.97. The second kappa shape index (κ2) is 3.99. The quantitative estimate of drug-likeness (QED) is 0.564. The van der Waals surface area contributed by atoms with Gasteiger partial charge in [-0.1, -0.05) is 18.2 Å². The third-order valence-corrected chi connectivity index (χ3v) is 2.18. The Kier molecular flexibility index (Phi) is 2.52. The van der Waals surface area contributed by atoms with Gasteiger partial charge in [-0.05, 0) is 12.1 Å². The second-order valence-electron chi connectivity index (χ2n) is 3.24. The molecule has 16 heavy (non-hydrogen) atoms. The lowest BCUT2D eigenvalue weighted by atomic mass is 10.1. The van der Waals surface area contributed by atoms with Gasteiger partial charge in [0.05, 0.1) is 12.5 Å². The van der Waals surface area contributed by atoms with Gasteiger partial charge in [0.1, 0.15) is 11.1 Å². The van der Waals surface area contributed by atoms with Crippen LogP contribution in [0.1, 0.15) is 16.8 Å². The van der Waals surface area contributed by atoms with E-state index in [2.05, 4.69) is 0 Å². The molecule has 4 nitrogen and oxygen atoms in total. The molecule has 0 N–H and O–H groups in total. The first kappa shape index (κ1) is 10.1. The van der Waals surface area contributed by atoms with Crippen LogP contribution >= 0.6 is 0 Å². The third kappa shape index (κ3) is 1.71. The van der Waals surface area contributed by atoms with E-state index < -0.39 is 11.4 Å². The Balaban J connectivity index is 2.64. The third-order valence-electron chi connectivity index (χ3n) is 2.18. The van der Waals surface area contributed by atoms with E-state index in [1.807, 2.05) is 0 Å². The van der Waals surface area contributed by atoms with Gasteiger partial charge in [0, 0.05) is 5.39 Å². The fourth-order valence-corrected chi connectivity index (χ4v) is 1.42. The van der Waals surface area contributed by atoms with E-state index in [4.69, 9.17) is 9.68 Å². The maximum absolute atomic E-state index is 11.5. The number of nitrogens with zero attached hydrogens (tertiary/aromatic N) is 1. The molecule has 1 aromatic heterocycles. The Hall–Kier alpha value is -2.41. The summed E-state index contributed by atoms with van der Waals surface area (Å²) in [5.41, 5.74) is -0.333. The number of ketones is 1. The maximum Gasteiger partial charge on any atom is 0.347 e. The minimum Gasteiger partial charge on any atom is -0.422 e. The highest BCUT2D eigenvalue weighted by Gasteiger charge is 2.12. The van der Waals surface area contributed by atoms with Crippen molar-refractivity contribution in [2.75, 3.05) is 0 Å². The number of Topliss-reactive ketones (excluding diaryl/α,β-unsaturated/α-hetero) is 1. The van der Waals surface area contributed by atoms with Gasteiger partial charge in [-0.2, -0.15) is 5.26 Å². The van der Waals surface area contributed by atoms with Crippen molar-refractivity contribution in [3.63, 3.8) is 0 Å². The summed E-state index contributed by atoms with van der Waals surface area (Å²) in [7, 11) is 0. The summed E-state index contributed by atoms with van der Waals surface area (Å²) in [4.78, 5) is 22.9. The number of carbonyl (C=O) groups is 1. The molecule has 0 unspecified atom stereocenters. The van der Waals surface area contributed by atoms with Gasteiger partial charge in [-0.15, -0.1) is 0 Å². The first-order valence-electron chi connectivity index (χ1n) is 4.65. The van der Waals surface area contributed by atoms with Crippen molar-refractivity contribution in [3.05, 3.63) is 46.3 Å². The standard InChI is InChI=1S/C12H7NO3/c13-6-5-10(14)9-7-8-3-1-2-4-11(8)16-12(9)15/h1-4,7H,5H2. The predicted octanol–water partition coefficient (Wildman–Crippen LogP) is 1.89. The van der Waals surface area contributed by atoms with Crippen molar-refractivity contribution < 1.29 is 9.21 Å². The fourth-order valence-electron chi connectivity index (χ4n) is 1.42. The zero-order valence-electron chi connectivity index (χ0n) is 8.27. The average Bonchev–Trinajstić information content (AvgIpc) is 2.28. The van der Waals surface area contributed by atoms with Crippen molar-refractivity contribution in [2.24, 2.45) is 0 Å². The highest BCUT2D eigenvalue weighted by atomic mass is 16.4. The Bertz CT molecular complexity index is 649. The number of rotatable bonds is 2. The molecular weight excluding hydrogens is 206 g/mol. The smallest absolute Gasteiger partial charge is 0.347 e. The molecule has 0 bridgehead atoms. The lowest BCUT2D eigenvalue weighted by Crippen LogP contribution is -2.13. The number of benzene rings is 1. The molecule has 1 heterocycles. The van der Waals surface area contributed by atoms with Crippen molar-refractivity contribution in [3.8, 4) is 6.07 Å². The van der Waals surface area contributed by atoms with Gasteiger partial charge in [0.15, 0.2) is 5.78 Å². The highest BCUT2D eigenvalue weighted by Crippen LogP contribution is 2.13. The van der Waals surface area contributed by atoms with Crippen molar-refractivity contribution in [1.82, 2.24) is 0 Å². The Morgan fingerprint density at radius 1 is 1.38 bits per heavy atom. The monoisotopic (exact) mass is 213 g/mol. The lowest BCUT2D eigenvalue weighted by molar-refractivity contribution is 0.0994. The summed E-state index contributed by atoms with van der Waals surface area (Å²) in [6, 6.07) is 10.1. The van der Waals surface area contributed by atoms with Crippen LogP contribution in [0.3, 0.4) is 0 Å². The van der Waals surface area contributed by atoms with Crippen LogP contribution in [0.15, 0.2) is 39.5 Å². The molecule has 0 atom stereocenters. The highest BCUT2D eigenvalue weighted by molar-refractivity contribution is 5.99. The SMILES string of the molecule is N#CCC(=O)c1cc2ccccc2oc1=O. The maximum atomic E-state index is 11.5. The number of para-hydroxylation sites is 1. The molecule has 2 rings (SSSR count). The van der Waals surface area contributed by atoms with E-state index in [0.717, 1.165) is 0 Å². The summed E-state index contributed by atoms with van der Waals surface area (Å²) in [5, 5.41) is 9.07. The second-order valence-corrected chi connectivity index (χ2v) is 3.24. The van der Waals surface area contributed by atoms with Crippen LogP contribution in [-0.4, -0.2) is 5.78 Å². The number of hydrogen-bond donors (Lipinski definition) is 0. The first-order chi connectivity index (χ1) is 7.72. The molecule has 0 spiro atoms. The summed E-state index contributed by atoms with van der Waals surface area (Å²) in [5.74, 6) is -0.512. The average molecular weight is 213 g/mol. The number of fused-ring (bicyclic) bond motifs is 1. The lowest BCUT2D eigenvalue weighted by Gasteiger charge is -1.98. The number of nitriles is 1. The molecule has 0 aliphatic heterocycles. The van der Waals surface area contributed by atoms with Crippen LogP contribution < -0.4 is 5.63 Å². The molecule has 0 saturated carbocycles. The van der Waals surface area contributed by atoms with Gasteiger partial charge in [0.2, 0.25) is 0 Å². The minimum absolute atomic E-state index is 0.0692. The molecule has 0 amide bonds. The largest absolute Gasteiger partial charge is 0.422 e. The van der Waals surface area contributed by atoms with Crippen molar-refractivity contribution >= 4 is 16.8 Å². The van der Waals surface area contributed by atoms with E-state index in [-0.39, 0.29) is 12.0 Å². The molecule has 78 valence electrons. The summed E-state index contributed by atoms with van der Waals surface area (Å²) in [6.07, 6.45) is -0.316. The van der Waals surface area contributed by atoms with E-state index in [9.17, 15) is 9.59 Å². The number of carbonyl (C=O) groups excluding carboxylic acids is 1. The topological polar surface area (TPSA) is 71.1 Å². The molecule has 2 aromatic rings. The van der Waals surface area contributed by atoms with Gasteiger partial charge in [0.25, 0.3) is 0 Å². The summed E-state index contributed by atoms with van der Waals surface area (Å²) >= 11 is 0. The molecule has 0 saturated heterocycles. The normalized spacial score (nSPS) is 9.94. The van der Waals surface area contributed by atoms with E-state index in [1.165, 1.54) is 6.07 Å². The number of hydrogen-bond acceptors (Lipinski definition) is 4. The molecule has 4 heteroatoms. The zero-order valence-corrected chi connectivity index (χ0v) is 8.27. The Labute approximate surface area is 90.7 Å². The molecule has 0 aliphatic carbocycles. The van der Waals surface area contributed by atoms with E-state index in [0.29, 0.717) is 11.0 Å². The zero-order chi connectivity index (χ0) is 11.5. The van der Waals surface area contributed by atoms with Crippen LogP contribution in [0, 0.1) is 11.3 Å². The fraction of sp³-hybridized carbons (Fsp3) is 0.0833. The minimum atomic E-state index is -0.695. The molecule has 1 aromatic carbocycles. The van der Waals surface area contributed by atoms with E-state index in [1.54, 1.807) is 30.3 Å². The van der Waals surface area contributed by atoms with E-state index >= 15 is 0 Å². The van der Waals surface area contributed by atoms with Gasteiger partial charge < -0.3 is 4.42 Å².